The Morgan fingerprint density at radius 1 is 1.53 bits per heavy atom. The van der Waals surface area contributed by atoms with Crippen molar-refractivity contribution in [2.45, 2.75) is 0 Å². The maximum Gasteiger partial charge on any atom is 0.317 e. The summed E-state index contributed by atoms with van der Waals surface area (Å²) in [4.78, 5) is 13.0. The van der Waals surface area contributed by atoms with Crippen molar-refractivity contribution in [2.24, 2.45) is 0 Å². The first-order chi connectivity index (χ1) is 8.16. The minimum absolute atomic E-state index is 0.0212. The maximum absolute atomic E-state index is 13.0. The van der Waals surface area contributed by atoms with E-state index < -0.39 is 0 Å². The molecule has 1 saturated heterocycles. The number of anilines is 1. The Morgan fingerprint density at radius 3 is 3.00 bits per heavy atom. The third-order valence-electron chi connectivity index (χ3n) is 2.58. The second kappa shape index (κ2) is 5.35. The molecule has 92 valence electrons. The average molecular weight is 302 g/mol. The average Bonchev–Trinajstić information content (AvgIpc) is 2.70. The van der Waals surface area contributed by atoms with Gasteiger partial charge in [0.1, 0.15) is 5.82 Å². The SMILES string of the molecule is O=C1NCCN1CCNc1ccc(F)c(Br)c1. The summed E-state index contributed by atoms with van der Waals surface area (Å²) < 4.78 is 13.4. The summed E-state index contributed by atoms with van der Waals surface area (Å²) in [6, 6.07) is 4.73. The lowest BCUT2D eigenvalue weighted by Crippen LogP contribution is -2.32. The second-order valence-corrected chi connectivity index (χ2v) is 4.63. The number of nitrogens with zero attached hydrogens (tertiary/aromatic N) is 1. The Balaban J connectivity index is 1.81. The Morgan fingerprint density at radius 2 is 2.35 bits per heavy atom. The molecular formula is C11H13BrFN3O. The molecule has 0 aromatic heterocycles. The minimum atomic E-state index is -0.283. The van der Waals surface area contributed by atoms with E-state index in [1.54, 1.807) is 17.0 Å². The van der Waals surface area contributed by atoms with Gasteiger partial charge in [-0.3, -0.25) is 0 Å². The highest BCUT2D eigenvalue weighted by Gasteiger charge is 2.18. The predicted octanol–water partition coefficient (Wildman–Crippen LogP) is 2.03. The van der Waals surface area contributed by atoms with Crippen molar-refractivity contribution in [1.29, 1.82) is 0 Å². The van der Waals surface area contributed by atoms with Gasteiger partial charge in [-0.15, -0.1) is 0 Å². The summed E-state index contributed by atoms with van der Waals surface area (Å²) in [5.41, 5.74) is 0.831. The summed E-state index contributed by atoms with van der Waals surface area (Å²) in [6.07, 6.45) is 0. The lowest BCUT2D eigenvalue weighted by atomic mass is 10.3. The highest BCUT2D eigenvalue weighted by Crippen LogP contribution is 2.19. The molecule has 1 aromatic carbocycles. The number of amides is 2. The topological polar surface area (TPSA) is 44.4 Å². The second-order valence-electron chi connectivity index (χ2n) is 3.77. The molecule has 1 aliphatic heterocycles. The van der Waals surface area contributed by atoms with E-state index in [0.29, 0.717) is 24.1 Å². The molecule has 0 saturated carbocycles. The van der Waals surface area contributed by atoms with Crippen molar-refractivity contribution in [3.8, 4) is 0 Å². The fourth-order valence-electron chi connectivity index (χ4n) is 1.67. The van der Waals surface area contributed by atoms with E-state index in [2.05, 4.69) is 26.6 Å². The molecule has 4 nitrogen and oxygen atoms in total. The summed E-state index contributed by atoms with van der Waals surface area (Å²) in [6.45, 7) is 2.74. The van der Waals surface area contributed by atoms with Crippen molar-refractivity contribution < 1.29 is 9.18 Å². The van der Waals surface area contributed by atoms with Crippen LogP contribution in [0.5, 0.6) is 0 Å². The molecule has 0 radical (unpaired) electrons. The zero-order valence-corrected chi connectivity index (χ0v) is 10.8. The number of hydrogen-bond donors (Lipinski definition) is 2. The first-order valence-corrected chi connectivity index (χ1v) is 6.18. The van der Waals surface area contributed by atoms with Gasteiger partial charge in [0.25, 0.3) is 0 Å². The maximum atomic E-state index is 13.0. The monoisotopic (exact) mass is 301 g/mol. The molecule has 2 N–H and O–H groups in total. The van der Waals surface area contributed by atoms with Crippen molar-refractivity contribution >= 4 is 27.6 Å². The van der Waals surface area contributed by atoms with Gasteiger partial charge in [-0.05, 0) is 34.1 Å². The van der Waals surface area contributed by atoms with Gasteiger partial charge >= 0.3 is 6.03 Å². The molecule has 0 aliphatic carbocycles. The standard InChI is InChI=1S/C11H13BrFN3O/c12-9-7-8(1-2-10(9)13)14-3-5-16-6-4-15-11(16)17/h1-2,7,14H,3-6H2,(H,15,17). The van der Waals surface area contributed by atoms with Gasteiger partial charge in [-0.1, -0.05) is 0 Å². The Bertz CT molecular complexity index is 427. The van der Waals surface area contributed by atoms with Crippen LogP contribution in [0.15, 0.2) is 22.7 Å². The zero-order valence-electron chi connectivity index (χ0n) is 9.17. The van der Waals surface area contributed by atoms with Crippen molar-refractivity contribution in [1.82, 2.24) is 10.2 Å². The number of halogens is 2. The number of hydrogen-bond acceptors (Lipinski definition) is 2. The van der Waals surface area contributed by atoms with Gasteiger partial charge in [0, 0.05) is 31.9 Å². The van der Waals surface area contributed by atoms with E-state index in [4.69, 9.17) is 0 Å². The Hall–Kier alpha value is -1.30. The Labute approximate surface area is 107 Å². The molecule has 2 rings (SSSR count). The van der Waals surface area contributed by atoms with Crippen LogP contribution in [0.4, 0.5) is 14.9 Å². The van der Waals surface area contributed by atoms with Crippen molar-refractivity contribution in [3.05, 3.63) is 28.5 Å². The van der Waals surface area contributed by atoms with Gasteiger partial charge in [0.05, 0.1) is 4.47 Å². The highest BCUT2D eigenvalue weighted by atomic mass is 79.9. The third-order valence-corrected chi connectivity index (χ3v) is 3.18. The van der Waals surface area contributed by atoms with Crippen molar-refractivity contribution in [3.63, 3.8) is 0 Å². The minimum Gasteiger partial charge on any atom is -0.383 e. The van der Waals surface area contributed by atoms with E-state index in [0.717, 1.165) is 12.2 Å². The fourth-order valence-corrected chi connectivity index (χ4v) is 2.04. The lowest BCUT2D eigenvalue weighted by Gasteiger charge is -2.15. The molecule has 17 heavy (non-hydrogen) atoms. The van der Waals surface area contributed by atoms with Crippen LogP contribution in [0.2, 0.25) is 0 Å². The van der Waals surface area contributed by atoms with E-state index in [-0.39, 0.29) is 11.8 Å². The molecule has 1 heterocycles. The molecule has 1 aromatic rings. The predicted molar refractivity (Wildman–Crippen MR) is 67.6 cm³/mol. The number of urea groups is 1. The van der Waals surface area contributed by atoms with Crippen LogP contribution in [-0.2, 0) is 0 Å². The molecule has 0 unspecified atom stereocenters. The van der Waals surface area contributed by atoms with Crippen LogP contribution >= 0.6 is 15.9 Å². The smallest absolute Gasteiger partial charge is 0.317 e. The molecule has 0 spiro atoms. The third kappa shape index (κ3) is 3.09. The van der Waals surface area contributed by atoms with E-state index in [1.807, 2.05) is 0 Å². The van der Waals surface area contributed by atoms with Gasteiger partial charge in [0.2, 0.25) is 0 Å². The van der Waals surface area contributed by atoms with Crippen LogP contribution in [0.3, 0.4) is 0 Å². The lowest BCUT2D eigenvalue weighted by molar-refractivity contribution is 0.219. The van der Waals surface area contributed by atoms with Gasteiger partial charge in [-0.2, -0.15) is 0 Å². The van der Waals surface area contributed by atoms with Gasteiger partial charge in [0.15, 0.2) is 0 Å². The summed E-state index contributed by atoms with van der Waals surface area (Å²) in [5, 5.41) is 5.88. The fraction of sp³-hybridized carbons (Fsp3) is 0.364. The van der Waals surface area contributed by atoms with Gasteiger partial charge < -0.3 is 15.5 Å². The van der Waals surface area contributed by atoms with Crippen LogP contribution < -0.4 is 10.6 Å². The normalized spacial score (nSPS) is 14.9. The highest BCUT2D eigenvalue weighted by molar-refractivity contribution is 9.10. The number of rotatable bonds is 4. The molecular weight excluding hydrogens is 289 g/mol. The molecule has 1 aliphatic rings. The Kier molecular flexibility index (Phi) is 3.83. The van der Waals surface area contributed by atoms with E-state index in [1.165, 1.54) is 6.07 Å². The number of carbonyl (C=O) groups is 1. The quantitative estimate of drug-likeness (QED) is 0.894. The summed E-state index contributed by atoms with van der Waals surface area (Å²) in [5.74, 6) is -0.283. The number of carbonyl (C=O) groups excluding carboxylic acids is 1. The molecule has 0 atom stereocenters. The van der Waals surface area contributed by atoms with Crippen LogP contribution in [0.25, 0.3) is 0 Å². The zero-order chi connectivity index (χ0) is 12.3. The number of benzene rings is 1. The first-order valence-electron chi connectivity index (χ1n) is 5.38. The van der Waals surface area contributed by atoms with E-state index >= 15 is 0 Å². The van der Waals surface area contributed by atoms with Crippen LogP contribution in [0, 0.1) is 5.82 Å². The molecule has 2 amide bonds. The van der Waals surface area contributed by atoms with Crippen molar-refractivity contribution in [2.75, 3.05) is 31.5 Å². The summed E-state index contributed by atoms with van der Waals surface area (Å²) in [7, 11) is 0. The largest absolute Gasteiger partial charge is 0.383 e. The summed E-state index contributed by atoms with van der Waals surface area (Å²) >= 11 is 3.12. The molecule has 1 fully saturated rings. The van der Waals surface area contributed by atoms with Gasteiger partial charge in [-0.25, -0.2) is 9.18 Å². The number of nitrogens with one attached hydrogen (secondary N) is 2. The molecule has 6 heteroatoms. The van der Waals surface area contributed by atoms with E-state index in [9.17, 15) is 9.18 Å². The first kappa shape index (κ1) is 12.2. The van der Waals surface area contributed by atoms with Crippen LogP contribution in [0.1, 0.15) is 0 Å². The molecule has 0 bridgehead atoms. The van der Waals surface area contributed by atoms with Crippen LogP contribution in [-0.4, -0.2) is 37.1 Å².